The molecule has 0 spiro atoms. The smallest absolute Gasteiger partial charge is 0.323 e. The van der Waals surface area contributed by atoms with E-state index in [0.29, 0.717) is 13.1 Å². The summed E-state index contributed by atoms with van der Waals surface area (Å²) in [5.41, 5.74) is 0. The second-order valence-electron chi connectivity index (χ2n) is 4.81. The SMILES string of the molecule is CCCCCCCCNC(=O)N(CCC)CC(=O)O. The molecule has 0 fully saturated rings. The largest absolute Gasteiger partial charge is 0.480 e. The lowest BCUT2D eigenvalue weighted by molar-refractivity contribution is -0.137. The zero-order valence-electron chi connectivity index (χ0n) is 12.3. The molecule has 0 aromatic heterocycles. The standard InChI is InChI=1S/C14H28N2O3/c1-3-5-6-7-8-9-10-15-14(19)16(11-4-2)12-13(17)18/h3-12H2,1-2H3,(H,15,19)(H,17,18). The highest BCUT2D eigenvalue weighted by Gasteiger charge is 2.14. The molecule has 0 radical (unpaired) electrons. The molecule has 0 saturated heterocycles. The zero-order chi connectivity index (χ0) is 14.5. The Morgan fingerprint density at radius 1 is 1.00 bits per heavy atom. The molecule has 0 bridgehead atoms. The molecule has 2 amide bonds. The predicted molar refractivity (Wildman–Crippen MR) is 76.3 cm³/mol. The Hall–Kier alpha value is -1.26. The average Bonchev–Trinajstić information content (AvgIpc) is 2.36. The molecule has 19 heavy (non-hydrogen) atoms. The number of unbranched alkanes of at least 4 members (excludes halogenated alkanes) is 5. The monoisotopic (exact) mass is 272 g/mol. The fourth-order valence-corrected chi connectivity index (χ4v) is 1.90. The Kier molecular flexibility index (Phi) is 11.0. The first kappa shape index (κ1) is 17.7. The van der Waals surface area contributed by atoms with E-state index < -0.39 is 5.97 Å². The number of rotatable bonds is 11. The first-order valence-electron chi connectivity index (χ1n) is 7.36. The van der Waals surface area contributed by atoms with E-state index in [-0.39, 0.29) is 12.6 Å². The van der Waals surface area contributed by atoms with Crippen LogP contribution in [0.4, 0.5) is 4.79 Å². The van der Waals surface area contributed by atoms with Crippen molar-refractivity contribution in [3.63, 3.8) is 0 Å². The third-order valence-corrected chi connectivity index (χ3v) is 2.91. The van der Waals surface area contributed by atoms with Gasteiger partial charge in [-0.05, 0) is 12.8 Å². The number of carboxylic acid groups (broad SMARTS) is 1. The molecule has 2 N–H and O–H groups in total. The van der Waals surface area contributed by atoms with Crippen LogP contribution in [0.2, 0.25) is 0 Å². The summed E-state index contributed by atoms with van der Waals surface area (Å²) in [6.07, 6.45) is 7.81. The Balaban J connectivity index is 3.71. The summed E-state index contributed by atoms with van der Waals surface area (Å²) >= 11 is 0. The maximum Gasteiger partial charge on any atom is 0.323 e. The van der Waals surface area contributed by atoms with Gasteiger partial charge in [0.15, 0.2) is 0 Å². The number of urea groups is 1. The third kappa shape index (κ3) is 10.4. The lowest BCUT2D eigenvalue weighted by Gasteiger charge is -2.20. The van der Waals surface area contributed by atoms with Crippen LogP contribution in [0.1, 0.15) is 58.8 Å². The molecule has 0 aromatic rings. The molecule has 0 heterocycles. The number of aliphatic carboxylic acids is 1. The van der Waals surface area contributed by atoms with Crippen LogP contribution in [0.25, 0.3) is 0 Å². The van der Waals surface area contributed by atoms with Crippen molar-refractivity contribution in [2.75, 3.05) is 19.6 Å². The summed E-state index contributed by atoms with van der Waals surface area (Å²) < 4.78 is 0. The molecular weight excluding hydrogens is 244 g/mol. The van der Waals surface area contributed by atoms with Crippen molar-refractivity contribution >= 4 is 12.0 Å². The minimum atomic E-state index is -0.969. The van der Waals surface area contributed by atoms with Crippen molar-refractivity contribution in [1.29, 1.82) is 0 Å². The van der Waals surface area contributed by atoms with Gasteiger partial charge in [-0.2, -0.15) is 0 Å². The number of nitrogens with zero attached hydrogens (tertiary/aromatic N) is 1. The molecule has 0 unspecified atom stereocenters. The van der Waals surface area contributed by atoms with Crippen LogP contribution in [0.15, 0.2) is 0 Å². The maximum atomic E-state index is 11.8. The number of nitrogens with one attached hydrogen (secondary N) is 1. The fraction of sp³-hybridized carbons (Fsp3) is 0.857. The number of carbonyl (C=O) groups is 2. The van der Waals surface area contributed by atoms with Gasteiger partial charge in [0.05, 0.1) is 0 Å². The number of hydrogen-bond acceptors (Lipinski definition) is 2. The Morgan fingerprint density at radius 3 is 2.21 bits per heavy atom. The Bertz CT molecular complexity index is 257. The van der Waals surface area contributed by atoms with Crippen LogP contribution in [0.3, 0.4) is 0 Å². The predicted octanol–water partition coefficient (Wildman–Crippen LogP) is 2.85. The Morgan fingerprint density at radius 2 is 1.63 bits per heavy atom. The molecule has 0 aromatic carbocycles. The Labute approximate surface area is 116 Å². The van der Waals surface area contributed by atoms with Crippen LogP contribution in [-0.2, 0) is 4.79 Å². The van der Waals surface area contributed by atoms with E-state index in [2.05, 4.69) is 12.2 Å². The summed E-state index contributed by atoms with van der Waals surface area (Å²) in [5.74, 6) is -0.969. The van der Waals surface area contributed by atoms with Gasteiger partial charge in [-0.1, -0.05) is 46.0 Å². The van der Waals surface area contributed by atoms with Gasteiger partial charge in [0, 0.05) is 13.1 Å². The quantitative estimate of drug-likeness (QED) is 0.568. The van der Waals surface area contributed by atoms with E-state index in [1.165, 1.54) is 30.6 Å². The second kappa shape index (κ2) is 11.8. The first-order valence-corrected chi connectivity index (χ1v) is 7.36. The maximum absolute atomic E-state index is 11.8. The summed E-state index contributed by atoms with van der Waals surface area (Å²) in [5, 5.41) is 11.5. The first-order chi connectivity index (χ1) is 9.11. The van der Waals surface area contributed by atoms with Gasteiger partial charge >= 0.3 is 12.0 Å². The van der Waals surface area contributed by atoms with Crippen molar-refractivity contribution in [3.8, 4) is 0 Å². The molecule has 112 valence electrons. The van der Waals surface area contributed by atoms with Gasteiger partial charge in [-0.15, -0.1) is 0 Å². The van der Waals surface area contributed by atoms with Gasteiger partial charge < -0.3 is 15.3 Å². The molecule has 0 aliphatic heterocycles. The molecule has 0 atom stereocenters. The van der Waals surface area contributed by atoms with Gasteiger partial charge in [-0.3, -0.25) is 4.79 Å². The van der Waals surface area contributed by atoms with Crippen LogP contribution < -0.4 is 5.32 Å². The molecule has 0 aliphatic rings. The molecule has 5 heteroatoms. The highest BCUT2D eigenvalue weighted by molar-refractivity contribution is 5.79. The molecule has 0 rings (SSSR count). The van der Waals surface area contributed by atoms with Gasteiger partial charge in [-0.25, -0.2) is 4.79 Å². The van der Waals surface area contributed by atoms with Crippen molar-refractivity contribution < 1.29 is 14.7 Å². The topological polar surface area (TPSA) is 69.6 Å². The highest BCUT2D eigenvalue weighted by Crippen LogP contribution is 2.04. The molecule has 0 saturated carbocycles. The zero-order valence-corrected chi connectivity index (χ0v) is 12.3. The van der Waals surface area contributed by atoms with E-state index in [4.69, 9.17) is 5.11 Å². The second-order valence-corrected chi connectivity index (χ2v) is 4.81. The van der Waals surface area contributed by atoms with Crippen LogP contribution in [0.5, 0.6) is 0 Å². The molecular formula is C14H28N2O3. The van der Waals surface area contributed by atoms with Crippen molar-refractivity contribution in [1.82, 2.24) is 10.2 Å². The number of carboxylic acids is 1. The molecule has 0 aliphatic carbocycles. The number of amides is 2. The third-order valence-electron chi connectivity index (χ3n) is 2.91. The summed E-state index contributed by atoms with van der Waals surface area (Å²) in [6.45, 7) is 5.00. The normalized spacial score (nSPS) is 10.2. The van der Waals surface area contributed by atoms with Crippen LogP contribution in [0, 0.1) is 0 Å². The highest BCUT2D eigenvalue weighted by atomic mass is 16.4. The van der Waals surface area contributed by atoms with E-state index in [0.717, 1.165) is 19.3 Å². The fourth-order valence-electron chi connectivity index (χ4n) is 1.90. The minimum Gasteiger partial charge on any atom is -0.480 e. The van der Waals surface area contributed by atoms with E-state index in [9.17, 15) is 9.59 Å². The van der Waals surface area contributed by atoms with Gasteiger partial charge in [0.2, 0.25) is 0 Å². The van der Waals surface area contributed by atoms with Crippen molar-refractivity contribution in [2.45, 2.75) is 58.8 Å². The van der Waals surface area contributed by atoms with E-state index in [1.807, 2.05) is 6.92 Å². The molecule has 5 nitrogen and oxygen atoms in total. The van der Waals surface area contributed by atoms with Crippen molar-refractivity contribution in [3.05, 3.63) is 0 Å². The summed E-state index contributed by atoms with van der Waals surface area (Å²) in [7, 11) is 0. The van der Waals surface area contributed by atoms with E-state index >= 15 is 0 Å². The lowest BCUT2D eigenvalue weighted by atomic mass is 10.1. The van der Waals surface area contributed by atoms with Crippen molar-refractivity contribution in [2.24, 2.45) is 0 Å². The summed E-state index contributed by atoms with van der Waals surface area (Å²) in [6, 6.07) is -0.266. The minimum absolute atomic E-state index is 0.226. The van der Waals surface area contributed by atoms with Crippen LogP contribution >= 0.6 is 0 Å². The van der Waals surface area contributed by atoms with Crippen LogP contribution in [-0.4, -0.2) is 41.6 Å². The number of hydrogen-bond donors (Lipinski definition) is 2. The lowest BCUT2D eigenvalue weighted by Crippen LogP contribution is -2.43. The summed E-state index contributed by atoms with van der Waals surface area (Å²) in [4.78, 5) is 23.7. The van der Waals surface area contributed by atoms with Gasteiger partial charge in [0.25, 0.3) is 0 Å². The van der Waals surface area contributed by atoms with Gasteiger partial charge in [0.1, 0.15) is 6.54 Å². The van der Waals surface area contributed by atoms with E-state index in [1.54, 1.807) is 0 Å². The number of carbonyl (C=O) groups excluding carboxylic acids is 1. The average molecular weight is 272 g/mol.